The zero-order valence-electron chi connectivity index (χ0n) is 14.2. The fourth-order valence-electron chi connectivity index (χ4n) is 3.06. The molecule has 132 valence electrons. The minimum atomic E-state index is -0.880. The van der Waals surface area contributed by atoms with Gasteiger partial charge in [-0.05, 0) is 31.0 Å². The Kier molecular flexibility index (Phi) is 5.89. The molecule has 2 unspecified atom stereocenters. The van der Waals surface area contributed by atoms with Crippen molar-refractivity contribution in [2.45, 2.75) is 19.3 Å². The highest BCUT2D eigenvalue weighted by atomic mass is 16.5. The number of likely N-dealkylation sites (tertiary alicyclic amines) is 1. The first-order chi connectivity index (χ1) is 11.5. The third kappa shape index (κ3) is 3.90. The Morgan fingerprint density at radius 2 is 1.96 bits per heavy atom. The molecule has 0 radical (unpaired) electrons. The summed E-state index contributed by atoms with van der Waals surface area (Å²) in [5, 5.41) is 12.1. The van der Waals surface area contributed by atoms with Crippen molar-refractivity contribution in [3.05, 3.63) is 23.8 Å². The van der Waals surface area contributed by atoms with Crippen LogP contribution < -0.4 is 14.8 Å². The number of ether oxygens (including phenoxy) is 2. The summed E-state index contributed by atoms with van der Waals surface area (Å²) < 4.78 is 10.6. The van der Waals surface area contributed by atoms with Gasteiger partial charge < -0.3 is 24.8 Å². The van der Waals surface area contributed by atoms with E-state index in [4.69, 9.17) is 9.47 Å². The molecule has 7 nitrogen and oxygen atoms in total. The number of piperidine rings is 1. The van der Waals surface area contributed by atoms with Crippen LogP contribution in [0, 0.1) is 5.92 Å². The van der Waals surface area contributed by atoms with Crippen LogP contribution in [-0.4, -0.2) is 55.9 Å². The number of carboxylic acids is 1. The van der Waals surface area contributed by atoms with Gasteiger partial charge in [0, 0.05) is 25.6 Å². The number of carboxylic acid groups (broad SMARTS) is 1. The van der Waals surface area contributed by atoms with Crippen LogP contribution in [0.15, 0.2) is 18.2 Å². The number of hydrogen-bond acceptors (Lipinski definition) is 4. The highest BCUT2D eigenvalue weighted by Gasteiger charge is 2.34. The van der Waals surface area contributed by atoms with Crippen molar-refractivity contribution in [1.29, 1.82) is 0 Å². The summed E-state index contributed by atoms with van der Waals surface area (Å²) in [6.45, 7) is 3.05. The van der Waals surface area contributed by atoms with Gasteiger partial charge in [-0.1, -0.05) is 6.07 Å². The molecule has 0 aromatic heterocycles. The van der Waals surface area contributed by atoms with E-state index in [2.05, 4.69) is 5.32 Å². The van der Waals surface area contributed by atoms with Crippen molar-refractivity contribution < 1.29 is 24.2 Å². The molecule has 2 amide bonds. The zero-order valence-corrected chi connectivity index (χ0v) is 14.2. The average Bonchev–Trinajstić information content (AvgIpc) is 2.60. The lowest BCUT2D eigenvalue weighted by Crippen LogP contribution is -2.49. The minimum absolute atomic E-state index is 0.0673. The molecule has 7 heteroatoms. The molecule has 24 heavy (non-hydrogen) atoms. The number of aliphatic carboxylic acids is 1. The molecule has 1 aromatic rings. The number of amides is 2. The van der Waals surface area contributed by atoms with E-state index in [0.29, 0.717) is 31.0 Å². The van der Waals surface area contributed by atoms with Crippen LogP contribution in [0.25, 0.3) is 0 Å². The Morgan fingerprint density at radius 3 is 2.54 bits per heavy atom. The largest absolute Gasteiger partial charge is 0.493 e. The predicted octanol–water partition coefficient (Wildman–Crippen LogP) is 1.92. The second-order valence-corrected chi connectivity index (χ2v) is 5.82. The van der Waals surface area contributed by atoms with Crippen LogP contribution >= 0.6 is 0 Å². The number of hydrogen-bond donors (Lipinski definition) is 2. The van der Waals surface area contributed by atoms with E-state index in [-0.39, 0.29) is 18.5 Å². The lowest BCUT2D eigenvalue weighted by molar-refractivity contribution is -0.143. The van der Waals surface area contributed by atoms with Crippen LogP contribution in [0.2, 0.25) is 0 Å². The first-order valence-electron chi connectivity index (χ1n) is 7.97. The van der Waals surface area contributed by atoms with Crippen LogP contribution in [0.1, 0.15) is 24.8 Å². The van der Waals surface area contributed by atoms with Gasteiger partial charge in [-0.25, -0.2) is 4.79 Å². The summed E-state index contributed by atoms with van der Waals surface area (Å²) in [5.74, 6) is -0.319. The van der Waals surface area contributed by atoms with Gasteiger partial charge in [0.25, 0.3) is 0 Å². The number of nitrogens with one attached hydrogen (secondary N) is 1. The summed E-state index contributed by atoms with van der Waals surface area (Å²) in [4.78, 5) is 25.2. The second kappa shape index (κ2) is 7.90. The SMILES string of the molecule is CCNC(=O)N1CC(C(=O)O)CC(c2ccc(OC)c(OC)c2)C1. The van der Waals surface area contributed by atoms with Gasteiger partial charge in [-0.2, -0.15) is 0 Å². The maximum absolute atomic E-state index is 12.1. The molecule has 0 aliphatic carbocycles. The second-order valence-electron chi connectivity index (χ2n) is 5.82. The molecule has 1 aliphatic rings. The molecule has 1 aromatic carbocycles. The van der Waals surface area contributed by atoms with Crippen molar-refractivity contribution in [1.82, 2.24) is 10.2 Å². The number of carbonyl (C=O) groups excluding carboxylic acids is 1. The molecule has 2 rings (SSSR count). The van der Waals surface area contributed by atoms with Gasteiger partial charge >= 0.3 is 12.0 Å². The van der Waals surface area contributed by atoms with Crippen LogP contribution in [0.5, 0.6) is 11.5 Å². The lowest BCUT2D eigenvalue weighted by atomic mass is 9.84. The smallest absolute Gasteiger partial charge is 0.317 e. The number of benzene rings is 1. The number of nitrogens with zero attached hydrogens (tertiary/aromatic N) is 1. The number of methoxy groups -OCH3 is 2. The first-order valence-corrected chi connectivity index (χ1v) is 7.97. The molecular weight excluding hydrogens is 312 g/mol. The van der Waals surface area contributed by atoms with Crippen LogP contribution in [-0.2, 0) is 4.79 Å². The average molecular weight is 336 g/mol. The molecule has 0 saturated carbocycles. The minimum Gasteiger partial charge on any atom is -0.493 e. The van der Waals surface area contributed by atoms with Crippen molar-refractivity contribution in [3.8, 4) is 11.5 Å². The Balaban J connectivity index is 2.27. The molecule has 2 atom stereocenters. The standard InChI is InChI=1S/C17H24N2O5/c1-4-18-17(22)19-9-12(7-13(10-19)16(20)21)11-5-6-14(23-2)15(8-11)24-3/h5-6,8,12-13H,4,7,9-10H2,1-3H3,(H,18,22)(H,20,21). The first kappa shape index (κ1) is 17.9. The third-order valence-electron chi connectivity index (χ3n) is 4.29. The fourth-order valence-corrected chi connectivity index (χ4v) is 3.06. The molecule has 0 spiro atoms. The van der Waals surface area contributed by atoms with Crippen molar-refractivity contribution >= 4 is 12.0 Å². The van der Waals surface area contributed by atoms with Crippen LogP contribution in [0.3, 0.4) is 0 Å². The number of urea groups is 1. The van der Waals surface area contributed by atoms with E-state index in [1.165, 1.54) is 0 Å². The van der Waals surface area contributed by atoms with Gasteiger partial charge in [0.1, 0.15) is 0 Å². The lowest BCUT2D eigenvalue weighted by Gasteiger charge is -2.36. The Bertz CT molecular complexity index is 605. The highest BCUT2D eigenvalue weighted by Crippen LogP contribution is 2.35. The summed E-state index contributed by atoms with van der Waals surface area (Å²) in [7, 11) is 3.12. The van der Waals surface area contributed by atoms with Gasteiger partial charge in [-0.15, -0.1) is 0 Å². The maximum Gasteiger partial charge on any atom is 0.317 e. The van der Waals surface area contributed by atoms with Gasteiger partial charge in [-0.3, -0.25) is 4.79 Å². The van der Waals surface area contributed by atoms with E-state index in [1.807, 2.05) is 19.1 Å². The summed E-state index contributed by atoms with van der Waals surface area (Å²) in [6.07, 6.45) is 0.487. The predicted molar refractivity (Wildman–Crippen MR) is 88.7 cm³/mol. The molecule has 1 fully saturated rings. The summed E-state index contributed by atoms with van der Waals surface area (Å²) in [6, 6.07) is 5.32. The maximum atomic E-state index is 12.1. The van der Waals surface area contributed by atoms with E-state index in [1.54, 1.807) is 25.2 Å². The Morgan fingerprint density at radius 1 is 1.25 bits per heavy atom. The highest BCUT2D eigenvalue weighted by molar-refractivity contribution is 5.76. The van der Waals surface area contributed by atoms with Crippen molar-refractivity contribution in [2.75, 3.05) is 33.9 Å². The molecule has 1 saturated heterocycles. The third-order valence-corrected chi connectivity index (χ3v) is 4.29. The van der Waals surface area contributed by atoms with E-state index in [9.17, 15) is 14.7 Å². The van der Waals surface area contributed by atoms with E-state index < -0.39 is 11.9 Å². The molecule has 0 bridgehead atoms. The Labute approximate surface area is 141 Å². The number of carbonyl (C=O) groups is 2. The zero-order chi connectivity index (χ0) is 17.7. The molecule has 1 aliphatic heterocycles. The molecule has 2 N–H and O–H groups in total. The molecule has 1 heterocycles. The van der Waals surface area contributed by atoms with Gasteiger partial charge in [0.05, 0.1) is 20.1 Å². The van der Waals surface area contributed by atoms with E-state index >= 15 is 0 Å². The van der Waals surface area contributed by atoms with Gasteiger partial charge in [0.15, 0.2) is 11.5 Å². The Hall–Kier alpha value is -2.44. The fraction of sp³-hybridized carbons (Fsp3) is 0.529. The number of rotatable bonds is 5. The van der Waals surface area contributed by atoms with Crippen LogP contribution in [0.4, 0.5) is 4.79 Å². The quantitative estimate of drug-likeness (QED) is 0.858. The van der Waals surface area contributed by atoms with Gasteiger partial charge in [0.2, 0.25) is 0 Å². The normalized spacial score (nSPS) is 20.4. The summed E-state index contributed by atoms with van der Waals surface area (Å²) >= 11 is 0. The van der Waals surface area contributed by atoms with Crippen molar-refractivity contribution in [3.63, 3.8) is 0 Å². The monoisotopic (exact) mass is 336 g/mol. The van der Waals surface area contributed by atoms with E-state index in [0.717, 1.165) is 5.56 Å². The topological polar surface area (TPSA) is 88.1 Å². The summed E-state index contributed by atoms with van der Waals surface area (Å²) in [5.41, 5.74) is 0.938. The molecular formula is C17H24N2O5. The van der Waals surface area contributed by atoms with Crippen molar-refractivity contribution in [2.24, 2.45) is 5.92 Å².